The van der Waals surface area contributed by atoms with Crippen LogP contribution in [0.1, 0.15) is 20.3 Å². The number of hydrogen-bond acceptors (Lipinski definition) is 2. The minimum absolute atomic E-state index is 0.0408. The molecule has 0 saturated carbocycles. The van der Waals surface area contributed by atoms with Crippen LogP contribution in [0.3, 0.4) is 0 Å². The van der Waals surface area contributed by atoms with E-state index in [-0.39, 0.29) is 11.5 Å². The molecule has 0 aliphatic heterocycles. The lowest BCUT2D eigenvalue weighted by molar-refractivity contribution is -0.114. The molecule has 0 saturated heterocycles. The van der Waals surface area contributed by atoms with Crippen molar-refractivity contribution in [3.63, 3.8) is 0 Å². The third-order valence-electron chi connectivity index (χ3n) is 1.77. The first-order valence-electron chi connectivity index (χ1n) is 4.61. The van der Waals surface area contributed by atoms with Crippen LogP contribution in [0.15, 0.2) is 23.1 Å². The van der Waals surface area contributed by atoms with Gasteiger partial charge >= 0.3 is 0 Å². The first kappa shape index (κ1) is 10.5. The van der Waals surface area contributed by atoms with Gasteiger partial charge in [0.05, 0.1) is 5.69 Å². The topological polar surface area (TPSA) is 51.1 Å². The Labute approximate surface area is 82.6 Å². The second-order valence-electron chi connectivity index (χ2n) is 3.13. The molecule has 1 aromatic rings. The lowest BCUT2D eigenvalue weighted by Gasteiger charge is -2.06. The fraction of sp³-hybridized carbons (Fsp3) is 0.400. The van der Waals surface area contributed by atoms with Gasteiger partial charge in [-0.1, -0.05) is 6.92 Å². The summed E-state index contributed by atoms with van der Waals surface area (Å²) < 4.78 is 1.59. The summed E-state index contributed by atoms with van der Waals surface area (Å²) in [7, 11) is 0. The number of anilines is 1. The van der Waals surface area contributed by atoms with Gasteiger partial charge in [0.1, 0.15) is 0 Å². The smallest absolute Gasteiger partial charge is 0.250 e. The third kappa shape index (κ3) is 2.73. The zero-order valence-electron chi connectivity index (χ0n) is 8.41. The quantitative estimate of drug-likeness (QED) is 0.786. The normalized spacial score (nSPS) is 9.86. The van der Waals surface area contributed by atoms with Gasteiger partial charge in [-0.05, 0) is 12.5 Å². The Morgan fingerprint density at radius 1 is 1.50 bits per heavy atom. The van der Waals surface area contributed by atoms with Gasteiger partial charge in [-0.2, -0.15) is 0 Å². The summed E-state index contributed by atoms with van der Waals surface area (Å²) in [5.41, 5.74) is 0.617. The van der Waals surface area contributed by atoms with Crippen molar-refractivity contribution in [2.45, 2.75) is 26.8 Å². The van der Waals surface area contributed by atoms with Crippen LogP contribution in [0.25, 0.3) is 0 Å². The Hall–Kier alpha value is -1.58. The zero-order chi connectivity index (χ0) is 10.6. The molecule has 4 nitrogen and oxygen atoms in total. The van der Waals surface area contributed by atoms with E-state index in [9.17, 15) is 9.59 Å². The lowest BCUT2D eigenvalue weighted by Crippen LogP contribution is -2.19. The fourth-order valence-electron chi connectivity index (χ4n) is 1.22. The number of hydrogen-bond donors (Lipinski definition) is 1. The molecular formula is C10H14N2O2. The van der Waals surface area contributed by atoms with Crippen LogP contribution in [0.2, 0.25) is 0 Å². The Kier molecular flexibility index (Phi) is 3.45. The standard InChI is InChI=1S/C10H14N2O2/c1-3-6-12-7-9(11-8(2)13)4-5-10(12)14/h4-5,7H,3,6H2,1-2H3,(H,11,13). The van der Waals surface area contributed by atoms with Crippen molar-refractivity contribution >= 4 is 11.6 Å². The minimum Gasteiger partial charge on any atom is -0.325 e. The van der Waals surface area contributed by atoms with Gasteiger partial charge in [-0.25, -0.2) is 0 Å². The molecule has 1 amide bonds. The first-order valence-corrected chi connectivity index (χ1v) is 4.61. The molecule has 1 heterocycles. The van der Waals surface area contributed by atoms with Crippen LogP contribution in [0.4, 0.5) is 5.69 Å². The van der Waals surface area contributed by atoms with E-state index in [0.717, 1.165) is 6.42 Å². The van der Waals surface area contributed by atoms with E-state index in [4.69, 9.17) is 0 Å². The van der Waals surface area contributed by atoms with Gasteiger partial charge < -0.3 is 9.88 Å². The molecule has 0 spiro atoms. The number of aromatic nitrogens is 1. The minimum atomic E-state index is -0.133. The molecule has 0 radical (unpaired) electrons. The molecule has 0 atom stereocenters. The van der Waals surface area contributed by atoms with E-state index in [1.54, 1.807) is 16.8 Å². The van der Waals surface area contributed by atoms with E-state index in [0.29, 0.717) is 12.2 Å². The van der Waals surface area contributed by atoms with Crippen LogP contribution in [0, 0.1) is 0 Å². The Morgan fingerprint density at radius 2 is 2.21 bits per heavy atom. The van der Waals surface area contributed by atoms with Crippen molar-refractivity contribution in [1.82, 2.24) is 4.57 Å². The van der Waals surface area contributed by atoms with Crippen LogP contribution in [0.5, 0.6) is 0 Å². The van der Waals surface area contributed by atoms with E-state index in [1.165, 1.54) is 13.0 Å². The number of carbonyl (C=O) groups is 1. The summed E-state index contributed by atoms with van der Waals surface area (Å²) in [5.74, 6) is -0.133. The van der Waals surface area contributed by atoms with Gasteiger partial charge in [-0.3, -0.25) is 9.59 Å². The zero-order valence-corrected chi connectivity index (χ0v) is 8.41. The molecular weight excluding hydrogens is 180 g/mol. The highest BCUT2D eigenvalue weighted by Gasteiger charge is 1.98. The highest BCUT2D eigenvalue weighted by molar-refractivity contribution is 5.88. The van der Waals surface area contributed by atoms with E-state index < -0.39 is 0 Å². The number of amides is 1. The summed E-state index contributed by atoms with van der Waals surface area (Å²) >= 11 is 0. The second-order valence-corrected chi connectivity index (χ2v) is 3.13. The molecule has 14 heavy (non-hydrogen) atoms. The van der Waals surface area contributed by atoms with Gasteiger partial charge in [0.2, 0.25) is 5.91 Å². The predicted octanol–water partition coefficient (Wildman–Crippen LogP) is 1.22. The maximum Gasteiger partial charge on any atom is 0.250 e. The molecule has 0 aliphatic rings. The molecule has 0 aromatic carbocycles. The van der Waals surface area contributed by atoms with Crippen molar-refractivity contribution in [2.75, 3.05) is 5.32 Å². The maximum absolute atomic E-state index is 11.3. The predicted molar refractivity (Wildman–Crippen MR) is 55.3 cm³/mol. The van der Waals surface area contributed by atoms with Crippen molar-refractivity contribution in [3.8, 4) is 0 Å². The summed E-state index contributed by atoms with van der Waals surface area (Å²) in [4.78, 5) is 22.1. The Bertz CT molecular complexity index is 382. The van der Waals surface area contributed by atoms with E-state index in [1.807, 2.05) is 6.92 Å². The van der Waals surface area contributed by atoms with Crippen molar-refractivity contribution in [2.24, 2.45) is 0 Å². The number of aryl methyl sites for hydroxylation is 1. The van der Waals surface area contributed by atoms with E-state index in [2.05, 4.69) is 5.32 Å². The molecule has 1 aromatic heterocycles. The fourth-order valence-corrected chi connectivity index (χ4v) is 1.22. The molecule has 1 rings (SSSR count). The van der Waals surface area contributed by atoms with Crippen LogP contribution in [-0.4, -0.2) is 10.5 Å². The monoisotopic (exact) mass is 194 g/mol. The molecule has 0 unspecified atom stereocenters. The maximum atomic E-state index is 11.3. The van der Waals surface area contributed by atoms with Crippen LogP contribution < -0.4 is 10.9 Å². The first-order chi connectivity index (χ1) is 6.63. The highest BCUT2D eigenvalue weighted by Crippen LogP contribution is 2.03. The van der Waals surface area contributed by atoms with Gasteiger partial charge in [0.25, 0.3) is 5.56 Å². The SMILES string of the molecule is CCCn1cc(NC(C)=O)ccc1=O. The van der Waals surface area contributed by atoms with E-state index >= 15 is 0 Å². The largest absolute Gasteiger partial charge is 0.325 e. The molecule has 1 N–H and O–H groups in total. The number of nitrogens with one attached hydrogen (secondary N) is 1. The molecule has 76 valence electrons. The van der Waals surface area contributed by atoms with Gasteiger partial charge in [-0.15, -0.1) is 0 Å². The highest BCUT2D eigenvalue weighted by atomic mass is 16.1. The van der Waals surface area contributed by atoms with Crippen molar-refractivity contribution in [1.29, 1.82) is 0 Å². The summed E-state index contributed by atoms with van der Waals surface area (Å²) in [5, 5.41) is 2.63. The Balaban J connectivity index is 2.94. The van der Waals surface area contributed by atoms with Crippen molar-refractivity contribution < 1.29 is 4.79 Å². The molecule has 0 fully saturated rings. The average molecular weight is 194 g/mol. The molecule has 0 bridgehead atoms. The van der Waals surface area contributed by atoms with Gasteiger partial charge in [0.15, 0.2) is 0 Å². The number of rotatable bonds is 3. The van der Waals surface area contributed by atoms with Crippen molar-refractivity contribution in [3.05, 3.63) is 28.7 Å². The lowest BCUT2D eigenvalue weighted by atomic mass is 10.3. The number of nitrogens with zero attached hydrogens (tertiary/aromatic N) is 1. The average Bonchev–Trinajstić information content (AvgIpc) is 2.10. The Morgan fingerprint density at radius 3 is 2.79 bits per heavy atom. The van der Waals surface area contributed by atoms with Crippen LogP contribution >= 0.6 is 0 Å². The molecule has 0 aliphatic carbocycles. The summed E-state index contributed by atoms with van der Waals surface area (Å²) in [6.07, 6.45) is 2.55. The van der Waals surface area contributed by atoms with Gasteiger partial charge in [0, 0.05) is 25.7 Å². The third-order valence-corrected chi connectivity index (χ3v) is 1.77. The molecule has 4 heteroatoms. The van der Waals surface area contributed by atoms with Crippen LogP contribution in [-0.2, 0) is 11.3 Å². The number of pyridine rings is 1. The second kappa shape index (κ2) is 4.60. The summed E-state index contributed by atoms with van der Waals surface area (Å²) in [6, 6.07) is 3.07. The summed E-state index contributed by atoms with van der Waals surface area (Å²) in [6.45, 7) is 4.11. The number of carbonyl (C=O) groups excluding carboxylic acids is 1.